The van der Waals surface area contributed by atoms with Gasteiger partial charge in [0.1, 0.15) is 17.2 Å². The maximum Gasteiger partial charge on any atom is 0.160 e. The Morgan fingerprint density at radius 1 is 1.24 bits per heavy atom. The van der Waals surface area contributed by atoms with Crippen LogP contribution in [0.4, 0.5) is 4.39 Å². The number of rotatable bonds is 5. The van der Waals surface area contributed by atoms with Crippen molar-refractivity contribution >= 4 is 11.2 Å². The highest BCUT2D eigenvalue weighted by molar-refractivity contribution is 5.77. The summed E-state index contributed by atoms with van der Waals surface area (Å²) in [6.45, 7) is 1.39. The van der Waals surface area contributed by atoms with Gasteiger partial charge in [-0.3, -0.25) is 0 Å². The molecule has 4 nitrogen and oxygen atoms in total. The van der Waals surface area contributed by atoms with E-state index >= 15 is 0 Å². The van der Waals surface area contributed by atoms with Crippen LogP contribution in [0.3, 0.4) is 0 Å². The number of benzene rings is 1. The van der Waals surface area contributed by atoms with Crippen LogP contribution in [0.15, 0.2) is 42.6 Å². The van der Waals surface area contributed by atoms with Gasteiger partial charge in [-0.05, 0) is 30.7 Å². The van der Waals surface area contributed by atoms with Gasteiger partial charge in [-0.25, -0.2) is 14.4 Å². The molecule has 0 aliphatic carbocycles. The first-order chi connectivity index (χ1) is 10.3. The van der Waals surface area contributed by atoms with Gasteiger partial charge in [-0.1, -0.05) is 12.1 Å². The molecule has 2 aromatic heterocycles. The molecular formula is C16H16FN3O. The Hall–Kier alpha value is -2.27. The van der Waals surface area contributed by atoms with Crippen LogP contribution in [-0.4, -0.2) is 28.3 Å². The van der Waals surface area contributed by atoms with Crippen LogP contribution < -0.4 is 0 Å². The molecule has 3 rings (SSSR count). The van der Waals surface area contributed by atoms with Gasteiger partial charge in [0.05, 0.1) is 0 Å². The van der Waals surface area contributed by atoms with E-state index in [2.05, 4.69) is 9.97 Å². The minimum Gasteiger partial charge on any atom is -0.385 e. The summed E-state index contributed by atoms with van der Waals surface area (Å²) < 4.78 is 20.6. The zero-order chi connectivity index (χ0) is 14.7. The molecule has 0 aliphatic heterocycles. The van der Waals surface area contributed by atoms with Crippen molar-refractivity contribution < 1.29 is 9.13 Å². The van der Waals surface area contributed by atoms with Crippen LogP contribution in [0.1, 0.15) is 6.42 Å². The first-order valence-corrected chi connectivity index (χ1v) is 6.86. The molecule has 21 heavy (non-hydrogen) atoms. The number of pyridine rings is 1. The van der Waals surface area contributed by atoms with Crippen molar-refractivity contribution in [2.75, 3.05) is 13.7 Å². The van der Waals surface area contributed by atoms with E-state index in [0.29, 0.717) is 6.61 Å². The summed E-state index contributed by atoms with van der Waals surface area (Å²) in [6, 6.07) is 10.2. The Morgan fingerprint density at radius 2 is 2.14 bits per heavy atom. The topological polar surface area (TPSA) is 39.9 Å². The Morgan fingerprint density at radius 3 is 2.95 bits per heavy atom. The molecule has 0 bridgehead atoms. The number of imidazole rings is 1. The van der Waals surface area contributed by atoms with Gasteiger partial charge in [0.15, 0.2) is 5.65 Å². The first-order valence-electron chi connectivity index (χ1n) is 6.86. The zero-order valence-electron chi connectivity index (χ0n) is 11.8. The number of hydrogen-bond acceptors (Lipinski definition) is 3. The minimum atomic E-state index is -0.268. The summed E-state index contributed by atoms with van der Waals surface area (Å²) in [5, 5.41) is 0. The molecule has 1 aromatic carbocycles. The van der Waals surface area contributed by atoms with Crippen LogP contribution in [0.5, 0.6) is 0 Å². The average molecular weight is 285 g/mol. The van der Waals surface area contributed by atoms with Crippen LogP contribution in [0, 0.1) is 5.82 Å². The molecule has 0 amide bonds. The molecule has 0 spiro atoms. The van der Waals surface area contributed by atoms with E-state index in [4.69, 9.17) is 4.74 Å². The van der Waals surface area contributed by atoms with Crippen molar-refractivity contribution in [3.63, 3.8) is 0 Å². The molecule has 3 aromatic rings. The lowest BCUT2D eigenvalue weighted by atomic mass is 10.2. The van der Waals surface area contributed by atoms with Gasteiger partial charge in [-0.2, -0.15) is 0 Å². The van der Waals surface area contributed by atoms with E-state index in [0.717, 1.165) is 35.5 Å². The van der Waals surface area contributed by atoms with E-state index < -0.39 is 0 Å². The van der Waals surface area contributed by atoms with Gasteiger partial charge in [0.2, 0.25) is 0 Å². The molecule has 0 saturated heterocycles. The van der Waals surface area contributed by atoms with Gasteiger partial charge in [0, 0.05) is 32.0 Å². The summed E-state index contributed by atoms with van der Waals surface area (Å²) in [7, 11) is 1.68. The Balaban J connectivity index is 2.09. The van der Waals surface area contributed by atoms with Crippen molar-refractivity contribution in [1.29, 1.82) is 0 Å². The number of aryl methyl sites for hydroxylation is 1. The molecule has 0 unspecified atom stereocenters. The minimum absolute atomic E-state index is 0.268. The number of hydrogen-bond donors (Lipinski definition) is 0. The van der Waals surface area contributed by atoms with Crippen molar-refractivity contribution in [3.8, 4) is 11.4 Å². The maximum absolute atomic E-state index is 13.5. The number of methoxy groups -OCH3 is 1. The fraction of sp³-hybridized carbons (Fsp3) is 0.250. The molecule has 0 saturated carbocycles. The third-order valence-electron chi connectivity index (χ3n) is 3.32. The molecule has 0 radical (unpaired) electrons. The molecule has 0 fully saturated rings. The molecule has 0 N–H and O–H groups in total. The Labute approximate surface area is 122 Å². The number of ether oxygens (including phenoxy) is 1. The third kappa shape index (κ3) is 2.78. The number of nitrogens with zero attached hydrogens (tertiary/aromatic N) is 3. The van der Waals surface area contributed by atoms with Crippen molar-refractivity contribution in [2.45, 2.75) is 13.0 Å². The van der Waals surface area contributed by atoms with Crippen LogP contribution in [0.2, 0.25) is 0 Å². The largest absolute Gasteiger partial charge is 0.385 e. The van der Waals surface area contributed by atoms with E-state index in [1.54, 1.807) is 19.4 Å². The van der Waals surface area contributed by atoms with Gasteiger partial charge < -0.3 is 9.30 Å². The van der Waals surface area contributed by atoms with Crippen LogP contribution in [-0.2, 0) is 11.3 Å². The lowest BCUT2D eigenvalue weighted by Gasteiger charge is -2.08. The predicted molar refractivity (Wildman–Crippen MR) is 79.4 cm³/mol. The SMILES string of the molecule is COCCCn1c(-c2cccc(F)c2)nc2cccnc21. The average Bonchev–Trinajstić information content (AvgIpc) is 2.87. The number of aromatic nitrogens is 3. The second kappa shape index (κ2) is 6.01. The summed E-state index contributed by atoms with van der Waals surface area (Å²) in [4.78, 5) is 8.99. The lowest BCUT2D eigenvalue weighted by molar-refractivity contribution is 0.191. The van der Waals surface area contributed by atoms with E-state index in [-0.39, 0.29) is 5.82 Å². The second-order valence-corrected chi connectivity index (χ2v) is 4.79. The smallest absolute Gasteiger partial charge is 0.160 e. The molecule has 5 heteroatoms. The summed E-state index contributed by atoms with van der Waals surface area (Å²) >= 11 is 0. The van der Waals surface area contributed by atoms with E-state index in [9.17, 15) is 4.39 Å². The monoisotopic (exact) mass is 285 g/mol. The normalized spacial score (nSPS) is 11.1. The molecular weight excluding hydrogens is 269 g/mol. The van der Waals surface area contributed by atoms with Gasteiger partial charge in [0.25, 0.3) is 0 Å². The van der Waals surface area contributed by atoms with Crippen LogP contribution >= 0.6 is 0 Å². The molecule has 0 atom stereocenters. The van der Waals surface area contributed by atoms with Crippen molar-refractivity contribution in [3.05, 3.63) is 48.4 Å². The first kappa shape index (κ1) is 13.7. The highest BCUT2D eigenvalue weighted by Crippen LogP contribution is 2.24. The number of fused-ring (bicyclic) bond motifs is 1. The molecule has 2 heterocycles. The standard InChI is InChI=1S/C16H16FN3O/c1-21-10-4-9-20-15(12-5-2-6-13(17)11-12)19-14-7-3-8-18-16(14)20/h2-3,5-8,11H,4,9-10H2,1H3. The maximum atomic E-state index is 13.5. The Bertz CT molecular complexity index is 754. The summed E-state index contributed by atoms with van der Waals surface area (Å²) in [5.41, 5.74) is 2.38. The zero-order valence-corrected chi connectivity index (χ0v) is 11.8. The summed E-state index contributed by atoms with van der Waals surface area (Å²) in [6.07, 6.45) is 2.59. The summed E-state index contributed by atoms with van der Waals surface area (Å²) in [5.74, 6) is 0.468. The van der Waals surface area contributed by atoms with Gasteiger partial charge >= 0.3 is 0 Å². The quantitative estimate of drug-likeness (QED) is 0.675. The van der Waals surface area contributed by atoms with Crippen LogP contribution in [0.25, 0.3) is 22.6 Å². The third-order valence-corrected chi connectivity index (χ3v) is 3.32. The molecule has 0 aliphatic rings. The lowest BCUT2D eigenvalue weighted by Crippen LogP contribution is -2.04. The Kier molecular flexibility index (Phi) is 3.92. The fourth-order valence-electron chi connectivity index (χ4n) is 2.39. The number of halogens is 1. The van der Waals surface area contributed by atoms with E-state index in [1.165, 1.54) is 12.1 Å². The second-order valence-electron chi connectivity index (χ2n) is 4.79. The van der Waals surface area contributed by atoms with E-state index in [1.807, 2.05) is 22.8 Å². The highest BCUT2D eigenvalue weighted by Gasteiger charge is 2.13. The van der Waals surface area contributed by atoms with Crippen molar-refractivity contribution in [1.82, 2.24) is 14.5 Å². The molecule has 108 valence electrons. The highest BCUT2D eigenvalue weighted by atomic mass is 19.1. The fourth-order valence-corrected chi connectivity index (χ4v) is 2.39. The van der Waals surface area contributed by atoms with Gasteiger partial charge in [-0.15, -0.1) is 0 Å². The van der Waals surface area contributed by atoms with Crippen molar-refractivity contribution in [2.24, 2.45) is 0 Å². The predicted octanol–water partition coefficient (Wildman–Crippen LogP) is 3.27.